The van der Waals surface area contributed by atoms with E-state index in [0.29, 0.717) is 16.8 Å². The zero-order valence-electron chi connectivity index (χ0n) is 20.3. The summed E-state index contributed by atoms with van der Waals surface area (Å²) in [5.74, 6) is 0.933. The minimum Gasteiger partial charge on any atom is -0.493 e. The normalized spacial score (nSPS) is 17.5. The van der Waals surface area contributed by atoms with E-state index in [2.05, 4.69) is 52.7 Å². The van der Waals surface area contributed by atoms with Gasteiger partial charge in [0, 0.05) is 48.9 Å². The van der Waals surface area contributed by atoms with Gasteiger partial charge in [0.1, 0.15) is 16.3 Å². The van der Waals surface area contributed by atoms with Crippen molar-refractivity contribution < 1.29 is 4.74 Å². The summed E-state index contributed by atoms with van der Waals surface area (Å²) < 4.78 is 7.30. The number of aromatic nitrogens is 6. The summed E-state index contributed by atoms with van der Waals surface area (Å²) in [4.78, 5) is 14.3. The van der Waals surface area contributed by atoms with Crippen molar-refractivity contribution >= 4 is 22.0 Å². The van der Waals surface area contributed by atoms with Crippen LogP contribution in [0, 0.1) is 12.3 Å². The van der Waals surface area contributed by atoms with E-state index in [1.165, 1.54) is 24.4 Å². The molecule has 4 aromatic rings. The molecule has 1 spiro atoms. The van der Waals surface area contributed by atoms with Crippen LogP contribution in [0.1, 0.15) is 37.9 Å². The monoisotopic (exact) mass is 478 g/mol. The Hall–Kier alpha value is -2.98. The Morgan fingerprint density at radius 1 is 1.24 bits per heavy atom. The molecule has 0 unspecified atom stereocenters. The Balaban J connectivity index is 1.34. The van der Waals surface area contributed by atoms with Crippen LogP contribution >= 0.6 is 11.3 Å². The quantitative estimate of drug-likeness (QED) is 0.451. The third kappa shape index (κ3) is 3.23. The predicted octanol–water partition coefficient (Wildman–Crippen LogP) is 3.83. The Kier molecular flexibility index (Phi) is 4.93. The fourth-order valence-electron chi connectivity index (χ4n) is 5.49. The van der Waals surface area contributed by atoms with Gasteiger partial charge in [0.25, 0.3) is 0 Å². The first-order valence-electron chi connectivity index (χ1n) is 11.8. The fourth-order valence-corrected chi connectivity index (χ4v) is 6.57. The van der Waals surface area contributed by atoms with Crippen LogP contribution in [0.5, 0.6) is 5.75 Å². The summed E-state index contributed by atoms with van der Waals surface area (Å²) in [6.45, 7) is 14.6. The average Bonchev–Trinajstić information content (AvgIpc) is 3.49. The number of thiazole rings is 1. The van der Waals surface area contributed by atoms with Crippen molar-refractivity contribution in [3.8, 4) is 27.7 Å². The van der Waals surface area contributed by atoms with Crippen LogP contribution in [0.25, 0.3) is 27.6 Å². The zero-order chi connectivity index (χ0) is 23.6. The first-order valence-corrected chi connectivity index (χ1v) is 12.6. The largest absolute Gasteiger partial charge is 0.493 e. The number of ether oxygens (including phenoxy) is 1. The number of nitrogens with one attached hydrogen (secondary N) is 1. The minimum atomic E-state index is 0.260. The number of nitrogens with zero attached hydrogens (tertiary/aromatic N) is 7. The number of rotatable bonds is 6. The van der Waals surface area contributed by atoms with Gasteiger partial charge in [-0.15, -0.1) is 0 Å². The number of aryl methyl sites for hydroxylation is 1. The molecular weight excluding hydrogens is 448 g/mol. The first kappa shape index (κ1) is 21.5. The number of aromatic amines is 1. The summed E-state index contributed by atoms with van der Waals surface area (Å²) in [7, 11) is 1.65. The molecule has 0 bridgehead atoms. The van der Waals surface area contributed by atoms with E-state index < -0.39 is 0 Å². The van der Waals surface area contributed by atoms with E-state index in [1.54, 1.807) is 23.0 Å². The second-order valence-corrected chi connectivity index (χ2v) is 10.9. The van der Waals surface area contributed by atoms with Gasteiger partial charge in [0.2, 0.25) is 0 Å². The number of pyridine rings is 1. The van der Waals surface area contributed by atoms with Crippen LogP contribution in [-0.2, 0) is 0 Å². The van der Waals surface area contributed by atoms with Gasteiger partial charge >= 0.3 is 0 Å². The van der Waals surface area contributed by atoms with Crippen molar-refractivity contribution in [2.75, 3.05) is 44.7 Å². The van der Waals surface area contributed by atoms with Crippen LogP contribution in [0.4, 0.5) is 5.00 Å². The maximum absolute atomic E-state index is 5.57. The molecule has 6 rings (SSSR count). The van der Waals surface area contributed by atoms with Gasteiger partial charge in [-0.1, -0.05) is 32.1 Å². The molecule has 1 N–H and O–H groups in total. The van der Waals surface area contributed by atoms with Gasteiger partial charge in [-0.05, 0) is 25.5 Å². The van der Waals surface area contributed by atoms with Crippen molar-refractivity contribution in [1.29, 1.82) is 0 Å². The fraction of sp³-hybridized carbons (Fsp3) is 0.500. The number of fused-ring (bicyclic) bond motifs is 1. The first-order chi connectivity index (χ1) is 16.4. The lowest BCUT2D eigenvalue weighted by Crippen LogP contribution is -2.72. The molecule has 34 heavy (non-hydrogen) atoms. The number of H-pyrrole nitrogens is 1. The molecular formula is C24H30N8OS. The van der Waals surface area contributed by atoms with Crippen LogP contribution < -0.4 is 9.64 Å². The lowest BCUT2D eigenvalue weighted by Gasteiger charge is -2.60. The molecule has 2 fully saturated rings. The third-order valence-electron chi connectivity index (χ3n) is 7.11. The highest BCUT2D eigenvalue weighted by atomic mass is 32.1. The molecule has 2 aliphatic heterocycles. The minimum absolute atomic E-state index is 0.260. The molecule has 178 valence electrons. The van der Waals surface area contributed by atoms with Gasteiger partial charge in [0.15, 0.2) is 11.4 Å². The maximum Gasteiger partial charge on any atom is 0.197 e. The maximum atomic E-state index is 5.57. The van der Waals surface area contributed by atoms with Gasteiger partial charge in [-0.3, -0.25) is 5.10 Å². The predicted molar refractivity (Wildman–Crippen MR) is 134 cm³/mol. The van der Waals surface area contributed by atoms with E-state index in [0.717, 1.165) is 52.9 Å². The molecule has 0 atom stereocenters. The zero-order valence-corrected chi connectivity index (χ0v) is 21.1. The van der Waals surface area contributed by atoms with E-state index in [4.69, 9.17) is 14.8 Å². The topological polar surface area (TPSA) is 87.5 Å². The Morgan fingerprint density at radius 3 is 2.74 bits per heavy atom. The van der Waals surface area contributed by atoms with Crippen molar-refractivity contribution in [3.63, 3.8) is 0 Å². The Labute approximate surface area is 202 Å². The average molecular weight is 479 g/mol. The Morgan fingerprint density at radius 2 is 2.03 bits per heavy atom. The van der Waals surface area contributed by atoms with Gasteiger partial charge in [0.05, 0.1) is 24.2 Å². The highest BCUT2D eigenvalue weighted by Crippen LogP contribution is 2.46. The third-order valence-corrected chi connectivity index (χ3v) is 8.34. The number of likely N-dealkylation sites (tertiary alicyclic amines) is 1. The van der Waals surface area contributed by atoms with Crippen LogP contribution in [0.2, 0.25) is 0 Å². The number of hydrogen-bond donors (Lipinski definition) is 1. The molecule has 0 aromatic carbocycles. The SMILES string of the molecule is CCN1CC2(C1)CN(c1sc(-c3[nH]nc(-c4cc(OC)c5ncnn5c4)c3C(C)C)nc1C)C2. The lowest BCUT2D eigenvalue weighted by molar-refractivity contribution is -0.0175. The van der Waals surface area contributed by atoms with Crippen LogP contribution in [0.15, 0.2) is 18.6 Å². The Bertz CT molecular complexity index is 1350. The molecule has 10 heteroatoms. The molecule has 2 aliphatic rings. The van der Waals surface area contributed by atoms with Crippen molar-refractivity contribution in [1.82, 2.24) is 34.7 Å². The highest BCUT2D eigenvalue weighted by Gasteiger charge is 2.51. The molecule has 0 amide bonds. The summed E-state index contributed by atoms with van der Waals surface area (Å²) in [5.41, 5.74) is 6.26. The summed E-state index contributed by atoms with van der Waals surface area (Å²) in [5, 5.41) is 14.6. The van der Waals surface area contributed by atoms with E-state index in [-0.39, 0.29) is 5.92 Å². The highest BCUT2D eigenvalue weighted by molar-refractivity contribution is 7.19. The number of hydrogen-bond acceptors (Lipinski definition) is 8. The molecule has 2 saturated heterocycles. The van der Waals surface area contributed by atoms with Crippen LogP contribution in [0.3, 0.4) is 0 Å². The van der Waals surface area contributed by atoms with Crippen molar-refractivity contribution in [2.45, 2.75) is 33.6 Å². The molecule has 0 radical (unpaired) electrons. The van der Waals surface area contributed by atoms with E-state index in [1.807, 2.05) is 12.3 Å². The summed E-state index contributed by atoms with van der Waals surface area (Å²) in [6, 6.07) is 1.98. The standard InChI is InChI=1S/C24H30N8OS/c1-6-30-9-24(10-30)11-31(12-24)23-15(4)27-22(34-23)20-18(14(2)3)19(28-29-20)16-7-17(33-5)21-25-13-26-32(21)8-16/h7-8,13-14H,6,9-12H2,1-5H3,(H,28,29). The van der Waals surface area contributed by atoms with Crippen molar-refractivity contribution in [3.05, 3.63) is 29.8 Å². The molecule has 9 nitrogen and oxygen atoms in total. The summed E-state index contributed by atoms with van der Waals surface area (Å²) >= 11 is 1.77. The van der Waals surface area contributed by atoms with E-state index >= 15 is 0 Å². The lowest BCUT2D eigenvalue weighted by atomic mass is 9.73. The van der Waals surface area contributed by atoms with Gasteiger partial charge in [-0.2, -0.15) is 10.2 Å². The van der Waals surface area contributed by atoms with E-state index in [9.17, 15) is 0 Å². The molecule has 0 aliphatic carbocycles. The van der Waals surface area contributed by atoms with Gasteiger partial charge in [-0.25, -0.2) is 14.5 Å². The van der Waals surface area contributed by atoms with Gasteiger partial charge < -0.3 is 14.5 Å². The second-order valence-electron chi connectivity index (χ2n) is 9.91. The molecule has 6 heterocycles. The second kappa shape index (κ2) is 7.78. The number of methoxy groups -OCH3 is 1. The van der Waals surface area contributed by atoms with Crippen molar-refractivity contribution in [2.24, 2.45) is 5.41 Å². The molecule has 0 saturated carbocycles. The summed E-state index contributed by atoms with van der Waals surface area (Å²) in [6.07, 6.45) is 3.48. The molecule has 4 aromatic heterocycles. The number of anilines is 1. The van der Waals surface area contributed by atoms with Crippen LogP contribution in [-0.4, -0.2) is 74.5 Å². The smallest absolute Gasteiger partial charge is 0.197 e.